The summed E-state index contributed by atoms with van der Waals surface area (Å²) in [6.45, 7) is 6.73. The third kappa shape index (κ3) is 3.34. The van der Waals surface area contributed by atoms with E-state index in [1.807, 2.05) is 13.8 Å². The average molecular weight is 229 g/mol. The van der Waals surface area contributed by atoms with Gasteiger partial charge in [0.25, 0.3) is 0 Å². The first-order valence-corrected chi connectivity index (χ1v) is 5.66. The topological polar surface area (TPSA) is 35.0 Å². The smallest absolute Gasteiger partial charge is 0.236 e. The molecule has 0 aliphatic carbocycles. The van der Waals surface area contributed by atoms with Crippen molar-refractivity contribution >= 4 is 11.6 Å². The lowest BCUT2D eigenvalue weighted by molar-refractivity contribution is 0.289. The number of hydrogen-bond donors (Lipinski definition) is 0. The van der Waals surface area contributed by atoms with Gasteiger partial charge in [-0.1, -0.05) is 31.4 Å². The van der Waals surface area contributed by atoms with Crippen molar-refractivity contribution in [2.45, 2.75) is 40.0 Å². The van der Waals surface area contributed by atoms with Crippen LogP contribution in [0.3, 0.4) is 0 Å². The van der Waals surface area contributed by atoms with Crippen molar-refractivity contribution in [1.29, 1.82) is 0 Å². The molecule has 0 saturated heterocycles. The molecule has 1 aromatic heterocycles. The van der Waals surface area contributed by atoms with E-state index in [2.05, 4.69) is 17.1 Å². The second kappa shape index (κ2) is 5.91. The lowest BCUT2D eigenvalue weighted by Crippen LogP contribution is -2.03. The van der Waals surface area contributed by atoms with E-state index in [9.17, 15) is 0 Å². The van der Waals surface area contributed by atoms with Crippen LogP contribution in [-0.4, -0.2) is 16.8 Å². The van der Waals surface area contributed by atoms with Gasteiger partial charge in [0.05, 0.1) is 6.61 Å². The van der Waals surface area contributed by atoms with E-state index in [0.29, 0.717) is 17.6 Å². The molecule has 0 aliphatic rings. The molecular formula is C11H17ClN2O. The number of hydrogen-bond acceptors (Lipinski definition) is 3. The van der Waals surface area contributed by atoms with Crippen LogP contribution in [0.15, 0.2) is 0 Å². The Morgan fingerprint density at radius 3 is 2.53 bits per heavy atom. The summed E-state index contributed by atoms with van der Waals surface area (Å²) < 4.78 is 5.54. The monoisotopic (exact) mass is 228 g/mol. The Balaban J connectivity index is 2.58. The summed E-state index contributed by atoms with van der Waals surface area (Å²) in [6, 6.07) is 0. The van der Waals surface area contributed by atoms with Crippen molar-refractivity contribution in [3.63, 3.8) is 0 Å². The lowest BCUT2D eigenvalue weighted by Gasteiger charge is -2.09. The molecule has 84 valence electrons. The molecule has 15 heavy (non-hydrogen) atoms. The molecule has 0 spiro atoms. The predicted molar refractivity (Wildman–Crippen MR) is 61.5 cm³/mol. The third-order valence-electron chi connectivity index (χ3n) is 2.41. The minimum Gasteiger partial charge on any atom is -0.476 e. The minimum absolute atomic E-state index is 0.452. The summed E-state index contributed by atoms with van der Waals surface area (Å²) in [5.41, 5.74) is 1.92. The fourth-order valence-corrected chi connectivity index (χ4v) is 1.39. The first-order chi connectivity index (χ1) is 7.16. The number of ether oxygens (including phenoxy) is 1. The normalized spacial score (nSPS) is 10.4. The molecule has 3 nitrogen and oxygen atoms in total. The Morgan fingerprint density at radius 1 is 1.13 bits per heavy atom. The molecule has 0 fully saturated rings. The molecule has 0 N–H and O–H groups in total. The van der Waals surface area contributed by atoms with Gasteiger partial charge >= 0.3 is 0 Å². The maximum absolute atomic E-state index is 5.84. The van der Waals surface area contributed by atoms with Gasteiger partial charge in [-0.05, 0) is 25.8 Å². The molecule has 0 aliphatic heterocycles. The second-order valence-electron chi connectivity index (χ2n) is 3.60. The van der Waals surface area contributed by atoms with Crippen LogP contribution in [0.1, 0.15) is 37.3 Å². The average Bonchev–Trinajstić information content (AvgIpc) is 2.24. The largest absolute Gasteiger partial charge is 0.476 e. The van der Waals surface area contributed by atoms with Crippen molar-refractivity contribution in [2.24, 2.45) is 0 Å². The SMILES string of the molecule is CCCCCOc1nnc(Cl)c(C)c1C. The highest BCUT2D eigenvalue weighted by molar-refractivity contribution is 6.30. The van der Waals surface area contributed by atoms with E-state index in [1.165, 1.54) is 12.8 Å². The van der Waals surface area contributed by atoms with Crippen molar-refractivity contribution in [1.82, 2.24) is 10.2 Å². The summed E-state index contributed by atoms with van der Waals surface area (Å²) in [5.74, 6) is 0.605. The highest BCUT2D eigenvalue weighted by Crippen LogP contribution is 2.22. The van der Waals surface area contributed by atoms with E-state index in [4.69, 9.17) is 16.3 Å². The molecular weight excluding hydrogens is 212 g/mol. The molecule has 0 bridgehead atoms. The molecule has 0 saturated carbocycles. The zero-order chi connectivity index (χ0) is 11.3. The molecule has 1 rings (SSSR count). The van der Waals surface area contributed by atoms with Crippen LogP contribution in [0.2, 0.25) is 5.15 Å². The predicted octanol–water partition coefficient (Wildman–Crippen LogP) is 3.32. The molecule has 0 unspecified atom stereocenters. The fourth-order valence-electron chi connectivity index (χ4n) is 1.21. The molecule has 0 atom stereocenters. The van der Waals surface area contributed by atoms with E-state index < -0.39 is 0 Å². The minimum atomic E-state index is 0.452. The summed E-state index contributed by atoms with van der Waals surface area (Å²) in [7, 11) is 0. The molecule has 4 heteroatoms. The van der Waals surface area contributed by atoms with Gasteiger partial charge < -0.3 is 4.74 Å². The fraction of sp³-hybridized carbons (Fsp3) is 0.636. The number of halogens is 1. The van der Waals surface area contributed by atoms with Gasteiger partial charge in [0, 0.05) is 5.56 Å². The zero-order valence-corrected chi connectivity index (χ0v) is 10.3. The van der Waals surface area contributed by atoms with Gasteiger partial charge in [0.2, 0.25) is 5.88 Å². The number of unbranched alkanes of at least 4 members (excludes halogenated alkanes) is 2. The first-order valence-electron chi connectivity index (χ1n) is 5.29. The maximum Gasteiger partial charge on any atom is 0.236 e. The van der Waals surface area contributed by atoms with E-state index >= 15 is 0 Å². The van der Waals surface area contributed by atoms with Crippen molar-refractivity contribution in [3.8, 4) is 5.88 Å². The van der Waals surface area contributed by atoms with Gasteiger partial charge in [-0.3, -0.25) is 0 Å². The van der Waals surface area contributed by atoms with Gasteiger partial charge in [-0.15, -0.1) is 10.2 Å². The molecule has 0 amide bonds. The van der Waals surface area contributed by atoms with Gasteiger partial charge in [0.1, 0.15) is 0 Å². The Labute approximate surface area is 95.8 Å². The Morgan fingerprint density at radius 2 is 1.87 bits per heavy atom. The Bertz CT molecular complexity index is 329. The highest BCUT2D eigenvalue weighted by Gasteiger charge is 2.08. The molecule has 1 aromatic rings. The number of aromatic nitrogens is 2. The van der Waals surface area contributed by atoms with Crippen LogP contribution in [0.25, 0.3) is 0 Å². The maximum atomic E-state index is 5.84. The standard InChI is InChI=1S/C11H17ClN2O/c1-4-5-6-7-15-11-9(3)8(2)10(12)13-14-11/h4-7H2,1-3H3. The molecule has 0 aromatic carbocycles. The summed E-state index contributed by atoms with van der Waals surface area (Å²) in [5, 5.41) is 8.21. The lowest BCUT2D eigenvalue weighted by atomic mass is 10.2. The van der Waals surface area contributed by atoms with E-state index in [1.54, 1.807) is 0 Å². The van der Waals surface area contributed by atoms with Crippen molar-refractivity contribution in [3.05, 3.63) is 16.3 Å². The van der Waals surface area contributed by atoms with Crippen LogP contribution in [-0.2, 0) is 0 Å². The van der Waals surface area contributed by atoms with Crippen LogP contribution in [0.4, 0.5) is 0 Å². The van der Waals surface area contributed by atoms with Crippen molar-refractivity contribution < 1.29 is 4.74 Å². The number of nitrogens with zero attached hydrogens (tertiary/aromatic N) is 2. The van der Waals surface area contributed by atoms with E-state index in [-0.39, 0.29) is 0 Å². The number of rotatable bonds is 5. The summed E-state index contributed by atoms with van der Waals surface area (Å²) >= 11 is 5.84. The van der Waals surface area contributed by atoms with Crippen LogP contribution >= 0.6 is 11.6 Å². The Hall–Kier alpha value is -0.830. The summed E-state index contributed by atoms with van der Waals surface area (Å²) in [4.78, 5) is 0. The van der Waals surface area contributed by atoms with Crippen LogP contribution < -0.4 is 4.74 Å². The van der Waals surface area contributed by atoms with Gasteiger partial charge in [-0.2, -0.15) is 0 Å². The second-order valence-corrected chi connectivity index (χ2v) is 3.96. The van der Waals surface area contributed by atoms with Gasteiger partial charge in [0.15, 0.2) is 5.15 Å². The third-order valence-corrected chi connectivity index (χ3v) is 2.77. The summed E-state index contributed by atoms with van der Waals surface area (Å²) in [6.07, 6.45) is 3.42. The Kier molecular flexibility index (Phi) is 4.82. The first kappa shape index (κ1) is 12.2. The molecule has 1 heterocycles. The van der Waals surface area contributed by atoms with Crippen LogP contribution in [0, 0.1) is 13.8 Å². The van der Waals surface area contributed by atoms with E-state index in [0.717, 1.165) is 17.5 Å². The quantitative estimate of drug-likeness (QED) is 0.726. The van der Waals surface area contributed by atoms with Gasteiger partial charge in [-0.25, -0.2) is 0 Å². The zero-order valence-electron chi connectivity index (χ0n) is 9.51. The van der Waals surface area contributed by atoms with Crippen molar-refractivity contribution in [2.75, 3.05) is 6.61 Å². The molecule has 0 radical (unpaired) electrons. The van der Waals surface area contributed by atoms with Crippen LogP contribution in [0.5, 0.6) is 5.88 Å². The highest BCUT2D eigenvalue weighted by atomic mass is 35.5.